The summed E-state index contributed by atoms with van der Waals surface area (Å²) in [6.07, 6.45) is 0. The Hall–Kier alpha value is -0.850. The molecule has 0 amide bonds. The van der Waals surface area contributed by atoms with Crippen LogP contribution >= 0.6 is 22.6 Å². The summed E-state index contributed by atoms with van der Waals surface area (Å²) in [5.41, 5.74) is 1.21. The van der Waals surface area contributed by atoms with Crippen LogP contribution in [0.25, 0.3) is 0 Å². The van der Waals surface area contributed by atoms with Gasteiger partial charge in [0.15, 0.2) is 0 Å². The van der Waals surface area contributed by atoms with Gasteiger partial charge in [-0.05, 0) is 59.0 Å². The molecule has 1 atom stereocenters. The van der Waals surface area contributed by atoms with Gasteiger partial charge in [0.05, 0.1) is 6.04 Å². The second kappa shape index (κ2) is 7.07. The number of rotatable bonds is 6. The second-order valence-electron chi connectivity index (χ2n) is 4.28. The summed E-state index contributed by atoms with van der Waals surface area (Å²) in [7, 11) is 1.67. The van der Waals surface area contributed by atoms with Crippen LogP contribution in [0.4, 0.5) is 0 Å². The van der Waals surface area contributed by atoms with E-state index < -0.39 is 0 Å². The van der Waals surface area contributed by atoms with Crippen LogP contribution in [0.2, 0.25) is 0 Å². The molecule has 0 aliphatic carbocycles. The lowest BCUT2D eigenvalue weighted by Gasteiger charge is -2.16. The molecule has 0 aliphatic rings. The number of ether oxygens (including phenoxy) is 1. The van der Waals surface area contributed by atoms with Gasteiger partial charge < -0.3 is 14.5 Å². The van der Waals surface area contributed by atoms with Crippen molar-refractivity contribution in [2.75, 3.05) is 13.7 Å². The van der Waals surface area contributed by atoms with E-state index in [1.807, 2.05) is 12.1 Å². The van der Waals surface area contributed by atoms with Crippen LogP contribution in [0, 0.1) is 3.57 Å². The topological polar surface area (TPSA) is 34.4 Å². The van der Waals surface area contributed by atoms with Crippen molar-refractivity contribution in [1.82, 2.24) is 5.32 Å². The molecule has 1 N–H and O–H groups in total. The Balaban J connectivity index is 2.25. The van der Waals surface area contributed by atoms with Gasteiger partial charge in [-0.15, -0.1) is 0 Å². The predicted molar refractivity (Wildman–Crippen MR) is 84.1 cm³/mol. The molecule has 0 spiro atoms. The molecule has 0 fully saturated rings. The van der Waals surface area contributed by atoms with Crippen molar-refractivity contribution in [3.05, 3.63) is 57.1 Å². The zero-order chi connectivity index (χ0) is 13.7. The van der Waals surface area contributed by atoms with Crippen molar-refractivity contribution in [1.29, 1.82) is 0 Å². The van der Waals surface area contributed by atoms with Crippen molar-refractivity contribution in [3.8, 4) is 0 Å². The molecule has 1 aromatic heterocycles. The summed E-state index contributed by atoms with van der Waals surface area (Å²) < 4.78 is 12.2. The second-order valence-corrected chi connectivity index (χ2v) is 5.52. The number of hydrogen-bond donors (Lipinski definition) is 1. The average molecular weight is 371 g/mol. The summed E-state index contributed by atoms with van der Waals surface area (Å²) >= 11 is 2.31. The first-order valence-electron chi connectivity index (χ1n) is 6.31. The largest absolute Gasteiger partial charge is 0.462 e. The van der Waals surface area contributed by atoms with Gasteiger partial charge in [0.1, 0.15) is 18.1 Å². The molecular formula is C15H18INO2. The van der Waals surface area contributed by atoms with Crippen molar-refractivity contribution in [2.45, 2.75) is 19.6 Å². The van der Waals surface area contributed by atoms with Crippen LogP contribution < -0.4 is 5.32 Å². The van der Waals surface area contributed by atoms with E-state index in [0.717, 1.165) is 18.1 Å². The normalized spacial score (nSPS) is 12.6. The molecule has 0 bridgehead atoms. The lowest BCUT2D eigenvalue weighted by atomic mass is 10.0. The first-order valence-corrected chi connectivity index (χ1v) is 7.39. The molecule has 1 aromatic carbocycles. The summed E-state index contributed by atoms with van der Waals surface area (Å²) in [5, 5.41) is 3.45. The molecule has 102 valence electrons. The fraction of sp³-hybridized carbons (Fsp3) is 0.333. The molecule has 2 rings (SSSR count). The maximum absolute atomic E-state index is 5.83. The Bertz CT molecular complexity index is 507. The zero-order valence-electron chi connectivity index (χ0n) is 11.2. The van der Waals surface area contributed by atoms with Crippen LogP contribution in [0.15, 0.2) is 40.8 Å². The Morgan fingerprint density at radius 2 is 1.95 bits per heavy atom. The first-order chi connectivity index (χ1) is 9.24. The standard InChI is InChI=1S/C15H18INO2/c1-3-17-15(11-4-6-12(16)7-5-11)14-9-8-13(19-14)10-18-2/h4-9,15,17H,3,10H2,1-2H3. The Morgan fingerprint density at radius 3 is 2.58 bits per heavy atom. The third-order valence-electron chi connectivity index (χ3n) is 2.87. The molecule has 1 heterocycles. The molecule has 1 unspecified atom stereocenters. The molecule has 4 heteroatoms. The molecule has 19 heavy (non-hydrogen) atoms. The van der Waals surface area contributed by atoms with Crippen LogP contribution in [0.1, 0.15) is 30.0 Å². The monoisotopic (exact) mass is 371 g/mol. The SMILES string of the molecule is CCNC(c1ccc(I)cc1)c1ccc(COC)o1. The van der Waals surface area contributed by atoms with Crippen molar-refractivity contribution in [2.24, 2.45) is 0 Å². The van der Waals surface area contributed by atoms with Gasteiger partial charge in [0, 0.05) is 10.7 Å². The third-order valence-corrected chi connectivity index (χ3v) is 3.58. The minimum absolute atomic E-state index is 0.0904. The predicted octanol–water partition coefficient (Wildman–Crippen LogP) is 3.73. The minimum atomic E-state index is 0.0904. The Morgan fingerprint density at radius 1 is 1.21 bits per heavy atom. The quantitative estimate of drug-likeness (QED) is 0.786. The smallest absolute Gasteiger partial charge is 0.129 e. The van der Waals surface area contributed by atoms with Crippen LogP contribution in [-0.4, -0.2) is 13.7 Å². The molecule has 3 nitrogen and oxygen atoms in total. The summed E-state index contributed by atoms with van der Waals surface area (Å²) in [5.74, 6) is 1.78. The van der Waals surface area contributed by atoms with E-state index in [1.165, 1.54) is 9.13 Å². The van der Waals surface area contributed by atoms with Crippen molar-refractivity contribution in [3.63, 3.8) is 0 Å². The first kappa shape index (κ1) is 14.6. The molecule has 0 saturated heterocycles. The van der Waals surface area contributed by atoms with Gasteiger partial charge >= 0.3 is 0 Å². The lowest BCUT2D eigenvalue weighted by molar-refractivity contribution is 0.162. The van der Waals surface area contributed by atoms with Gasteiger partial charge in [-0.1, -0.05) is 19.1 Å². The Kier molecular flexibility index (Phi) is 5.42. The van der Waals surface area contributed by atoms with Gasteiger partial charge in [0.2, 0.25) is 0 Å². The number of methoxy groups -OCH3 is 1. The average Bonchev–Trinajstić information content (AvgIpc) is 2.86. The van der Waals surface area contributed by atoms with Crippen LogP contribution in [0.5, 0.6) is 0 Å². The third kappa shape index (κ3) is 3.81. The minimum Gasteiger partial charge on any atom is -0.462 e. The van der Waals surface area contributed by atoms with E-state index in [9.17, 15) is 0 Å². The molecule has 0 radical (unpaired) electrons. The fourth-order valence-electron chi connectivity index (χ4n) is 2.01. The summed E-state index contributed by atoms with van der Waals surface area (Å²) in [6, 6.07) is 12.6. The highest BCUT2D eigenvalue weighted by atomic mass is 127. The van der Waals surface area contributed by atoms with E-state index in [1.54, 1.807) is 7.11 Å². The van der Waals surface area contributed by atoms with Crippen LogP contribution in [0.3, 0.4) is 0 Å². The molecule has 0 saturated carbocycles. The Labute approximate surface area is 127 Å². The summed E-state index contributed by atoms with van der Waals surface area (Å²) in [6.45, 7) is 3.49. The van der Waals surface area contributed by atoms with Crippen molar-refractivity contribution >= 4 is 22.6 Å². The van der Waals surface area contributed by atoms with E-state index in [2.05, 4.69) is 59.1 Å². The van der Waals surface area contributed by atoms with Gasteiger partial charge in [-0.25, -0.2) is 0 Å². The highest BCUT2D eigenvalue weighted by Crippen LogP contribution is 2.25. The highest BCUT2D eigenvalue weighted by molar-refractivity contribution is 14.1. The maximum atomic E-state index is 5.83. The molecule has 2 aromatic rings. The van der Waals surface area contributed by atoms with E-state index in [0.29, 0.717) is 6.61 Å². The summed E-state index contributed by atoms with van der Waals surface area (Å²) in [4.78, 5) is 0. The zero-order valence-corrected chi connectivity index (χ0v) is 13.3. The van der Waals surface area contributed by atoms with Crippen LogP contribution in [-0.2, 0) is 11.3 Å². The van der Waals surface area contributed by atoms with E-state index >= 15 is 0 Å². The van der Waals surface area contributed by atoms with Gasteiger partial charge in [-0.3, -0.25) is 0 Å². The molecule has 0 aliphatic heterocycles. The lowest BCUT2D eigenvalue weighted by Crippen LogP contribution is -2.21. The van der Waals surface area contributed by atoms with Crippen molar-refractivity contribution < 1.29 is 9.15 Å². The van der Waals surface area contributed by atoms with Gasteiger partial charge in [0.25, 0.3) is 0 Å². The van der Waals surface area contributed by atoms with E-state index in [-0.39, 0.29) is 6.04 Å². The molecular weight excluding hydrogens is 353 g/mol. The highest BCUT2D eigenvalue weighted by Gasteiger charge is 2.16. The fourth-order valence-corrected chi connectivity index (χ4v) is 2.37. The maximum Gasteiger partial charge on any atom is 0.129 e. The number of nitrogens with one attached hydrogen (secondary N) is 1. The number of furan rings is 1. The van der Waals surface area contributed by atoms with E-state index in [4.69, 9.17) is 9.15 Å². The number of hydrogen-bond acceptors (Lipinski definition) is 3. The number of benzene rings is 1. The van der Waals surface area contributed by atoms with Gasteiger partial charge in [-0.2, -0.15) is 0 Å². The number of halogens is 1.